The Labute approximate surface area is 85.1 Å². The molecule has 1 aromatic rings. The zero-order valence-corrected chi connectivity index (χ0v) is 8.75. The fourth-order valence-corrected chi connectivity index (χ4v) is 2.23. The van der Waals surface area contributed by atoms with Crippen molar-refractivity contribution >= 4 is 6.08 Å². The molecule has 1 aliphatic carbocycles. The van der Waals surface area contributed by atoms with Crippen LogP contribution in [0.1, 0.15) is 31.4 Å². The van der Waals surface area contributed by atoms with Gasteiger partial charge in [0.15, 0.2) is 0 Å². The van der Waals surface area contributed by atoms with E-state index >= 15 is 0 Å². The number of rotatable bonds is 0. The first-order chi connectivity index (χ1) is 6.57. The highest BCUT2D eigenvalue weighted by atomic mass is 16.3. The van der Waals surface area contributed by atoms with Gasteiger partial charge in [0.25, 0.3) is 0 Å². The third-order valence-electron chi connectivity index (χ3n) is 2.69. The minimum absolute atomic E-state index is 0.590. The molecule has 0 fully saturated rings. The van der Waals surface area contributed by atoms with Crippen LogP contribution in [-0.4, -0.2) is 10.7 Å². The van der Waals surface area contributed by atoms with Crippen molar-refractivity contribution in [3.05, 3.63) is 41.0 Å². The molecule has 2 rings (SSSR count). The Balaban J connectivity index is 2.49. The number of benzene rings is 1. The summed E-state index contributed by atoms with van der Waals surface area (Å²) in [6, 6.07) is 8.28. The van der Waals surface area contributed by atoms with E-state index in [-0.39, 0.29) is 0 Å². The molecule has 74 valence electrons. The Bertz CT molecular complexity index is 375. The van der Waals surface area contributed by atoms with Crippen molar-refractivity contribution in [3.8, 4) is 0 Å². The molecule has 0 aromatic heterocycles. The SMILES string of the molecule is CC1=Cc2ccccc2CC(C)(O)C1. The largest absolute Gasteiger partial charge is 0.390 e. The van der Waals surface area contributed by atoms with Gasteiger partial charge < -0.3 is 5.11 Å². The van der Waals surface area contributed by atoms with Crippen LogP contribution in [0.3, 0.4) is 0 Å². The number of hydrogen-bond donors (Lipinski definition) is 1. The Hall–Kier alpha value is -1.08. The minimum Gasteiger partial charge on any atom is -0.390 e. The van der Waals surface area contributed by atoms with E-state index in [0.29, 0.717) is 0 Å². The summed E-state index contributed by atoms with van der Waals surface area (Å²) < 4.78 is 0. The van der Waals surface area contributed by atoms with E-state index in [0.717, 1.165) is 12.8 Å². The third-order valence-corrected chi connectivity index (χ3v) is 2.69. The van der Waals surface area contributed by atoms with Gasteiger partial charge in [-0.25, -0.2) is 0 Å². The summed E-state index contributed by atoms with van der Waals surface area (Å²) in [5.74, 6) is 0. The van der Waals surface area contributed by atoms with Crippen LogP contribution in [0.25, 0.3) is 6.08 Å². The van der Waals surface area contributed by atoms with Gasteiger partial charge in [0.1, 0.15) is 0 Å². The highest BCUT2D eigenvalue weighted by Crippen LogP contribution is 2.28. The van der Waals surface area contributed by atoms with Gasteiger partial charge in [0.05, 0.1) is 5.60 Å². The molecule has 0 saturated heterocycles. The molecule has 0 amide bonds. The van der Waals surface area contributed by atoms with E-state index in [4.69, 9.17) is 0 Å². The van der Waals surface area contributed by atoms with E-state index in [1.165, 1.54) is 16.7 Å². The van der Waals surface area contributed by atoms with Crippen molar-refractivity contribution in [1.82, 2.24) is 0 Å². The molecule has 1 aliphatic rings. The standard InChI is InChI=1S/C13H16O/c1-10-7-11-5-3-4-6-12(11)9-13(2,14)8-10/h3-7,14H,8-9H2,1-2H3. The van der Waals surface area contributed by atoms with Crippen molar-refractivity contribution in [2.45, 2.75) is 32.3 Å². The summed E-state index contributed by atoms with van der Waals surface area (Å²) in [4.78, 5) is 0. The highest BCUT2D eigenvalue weighted by Gasteiger charge is 2.24. The lowest BCUT2D eigenvalue weighted by Gasteiger charge is -2.22. The summed E-state index contributed by atoms with van der Waals surface area (Å²) in [5, 5.41) is 10.1. The first-order valence-electron chi connectivity index (χ1n) is 5.04. The molecular weight excluding hydrogens is 172 g/mol. The van der Waals surface area contributed by atoms with E-state index in [1.807, 2.05) is 19.1 Å². The Morgan fingerprint density at radius 1 is 1.21 bits per heavy atom. The second-order valence-corrected chi connectivity index (χ2v) is 4.54. The molecule has 0 saturated carbocycles. The predicted molar refractivity (Wildman–Crippen MR) is 59.0 cm³/mol. The quantitative estimate of drug-likeness (QED) is 0.663. The number of aliphatic hydroxyl groups is 1. The Kier molecular flexibility index (Phi) is 2.20. The van der Waals surface area contributed by atoms with Crippen molar-refractivity contribution < 1.29 is 5.11 Å². The smallest absolute Gasteiger partial charge is 0.0697 e. The van der Waals surface area contributed by atoms with Gasteiger partial charge in [-0.1, -0.05) is 35.9 Å². The summed E-state index contributed by atoms with van der Waals surface area (Å²) >= 11 is 0. The lowest BCUT2D eigenvalue weighted by molar-refractivity contribution is 0.0617. The second-order valence-electron chi connectivity index (χ2n) is 4.54. The molecule has 0 aliphatic heterocycles. The molecule has 0 heterocycles. The Morgan fingerprint density at radius 3 is 2.71 bits per heavy atom. The number of fused-ring (bicyclic) bond motifs is 1. The maximum absolute atomic E-state index is 10.1. The molecule has 1 aromatic carbocycles. The second kappa shape index (κ2) is 3.25. The summed E-state index contributed by atoms with van der Waals surface area (Å²) in [6.07, 6.45) is 3.69. The van der Waals surface area contributed by atoms with Crippen LogP contribution in [0.2, 0.25) is 0 Å². The summed E-state index contributed by atoms with van der Waals surface area (Å²) in [5.41, 5.74) is 3.16. The monoisotopic (exact) mass is 188 g/mol. The molecular formula is C13H16O. The van der Waals surface area contributed by atoms with Gasteiger partial charge in [0, 0.05) is 6.42 Å². The molecule has 0 spiro atoms. The maximum atomic E-state index is 10.1. The molecule has 1 heteroatoms. The van der Waals surface area contributed by atoms with Crippen LogP contribution in [0.4, 0.5) is 0 Å². The molecule has 1 atom stereocenters. The molecule has 1 unspecified atom stereocenters. The molecule has 1 nitrogen and oxygen atoms in total. The first kappa shape index (κ1) is 9.47. The van der Waals surface area contributed by atoms with Gasteiger partial charge in [-0.3, -0.25) is 0 Å². The Morgan fingerprint density at radius 2 is 1.93 bits per heavy atom. The fourth-order valence-electron chi connectivity index (χ4n) is 2.23. The topological polar surface area (TPSA) is 20.2 Å². The lowest BCUT2D eigenvalue weighted by Crippen LogP contribution is -2.26. The van der Waals surface area contributed by atoms with E-state index < -0.39 is 5.60 Å². The predicted octanol–water partition coefficient (Wildman–Crippen LogP) is 2.79. The molecule has 1 N–H and O–H groups in total. The van der Waals surface area contributed by atoms with Crippen molar-refractivity contribution in [3.63, 3.8) is 0 Å². The number of hydrogen-bond acceptors (Lipinski definition) is 1. The summed E-state index contributed by atoms with van der Waals surface area (Å²) in [7, 11) is 0. The van der Waals surface area contributed by atoms with Crippen LogP contribution in [-0.2, 0) is 6.42 Å². The zero-order valence-electron chi connectivity index (χ0n) is 8.75. The fraction of sp³-hybridized carbons (Fsp3) is 0.385. The minimum atomic E-state index is -0.590. The van der Waals surface area contributed by atoms with Gasteiger partial charge in [0.2, 0.25) is 0 Å². The first-order valence-corrected chi connectivity index (χ1v) is 5.04. The summed E-state index contributed by atoms with van der Waals surface area (Å²) in [6.45, 7) is 3.99. The lowest BCUT2D eigenvalue weighted by atomic mass is 9.92. The van der Waals surface area contributed by atoms with Crippen molar-refractivity contribution in [2.24, 2.45) is 0 Å². The third kappa shape index (κ3) is 1.88. The van der Waals surface area contributed by atoms with Crippen molar-refractivity contribution in [1.29, 1.82) is 0 Å². The van der Waals surface area contributed by atoms with Gasteiger partial charge in [-0.05, 0) is 31.4 Å². The van der Waals surface area contributed by atoms with Crippen LogP contribution in [0, 0.1) is 0 Å². The van der Waals surface area contributed by atoms with Crippen LogP contribution < -0.4 is 0 Å². The normalized spacial score (nSPS) is 26.4. The zero-order chi connectivity index (χ0) is 10.2. The maximum Gasteiger partial charge on any atom is 0.0697 e. The van der Waals surface area contributed by atoms with Gasteiger partial charge in [-0.15, -0.1) is 0 Å². The molecule has 0 bridgehead atoms. The van der Waals surface area contributed by atoms with Crippen LogP contribution in [0.15, 0.2) is 29.8 Å². The van der Waals surface area contributed by atoms with Crippen LogP contribution >= 0.6 is 0 Å². The van der Waals surface area contributed by atoms with Gasteiger partial charge >= 0.3 is 0 Å². The average molecular weight is 188 g/mol. The van der Waals surface area contributed by atoms with Crippen LogP contribution in [0.5, 0.6) is 0 Å². The van der Waals surface area contributed by atoms with Gasteiger partial charge in [-0.2, -0.15) is 0 Å². The molecule has 14 heavy (non-hydrogen) atoms. The van der Waals surface area contributed by atoms with E-state index in [9.17, 15) is 5.11 Å². The van der Waals surface area contributed by atoms with E-state index in [1.54, 1.807) is 0 Å². The van der Waals surface area contributed by atoms with E-state index in [2.05, 4.69) is 25.1 Å². The molecule has 0 radical (unpaired) electrons. The highest BCUT2D eigenvalue weighted by molar-refractivity contribution is 5.58. The average Bonchev–Trinajstić information content (AvgIpc) is 2.16. The van der Waals surface area contributed by atoms with Crippen molar-refractivity contribution in [2.75, 3.05) is 0 Å².